The Morgan fingerprint density at radius 2 is 2.00 bits per heavy atom. The van der Waals surface area contributed by atoms with Gasteiger partial charge < -0.3 is 5.32 Å². The Morgan fingerprint density at radius 3 is 2.57 bits per heavy atom. The smallest absolute Gasteiger partial charge is 0.240 e. The SMILES string of the molecule is CC(=O)Nc1ccc(S(=O)(=O)NCCc2cncs2)cc1. The number of nitrogens with zero attached hydrogens (tertiary/aromatic N) is 1. The number of amides is 1. The van der Waals surface area contributed by atoms with E-state index >= 15 is 0 Å². The van der Waals surface area contributed by atoms with Crippen molar-refractivity contribution in [3.8, 4) is 0 Å². The summed E-state index contributed by atoms with van der Waals surface area (Å²) in [5.74, 6) is -0.201. The average Bonchev–Trinajstić information content (AvgIpc) is 2.91. The molecule has 0 aliphatic heterocycles. The molecule has 0 radical (unpaired) electrons. The summed E-state index contributed by atoms with van der Waals surface area (Å²) in [5.41, 5.74) is 2.27. The molecule has 0 atom stereocenters. The number of sulfonamides is 1. The molecule has 0 saturated carbocycles. The van der Waals surface area contributed by atoms with E-state index in [0.717, 1.165) is 4.88 Å². The Hall–Kier alpha value is -1.77. The first-order chi connectivity index (χ1) is 9.97. The Morgan fingerprint density at radius 1 is 1.29 bits per heavy atom. The first-order valence-corrected chi connectivity index (χ1v) is 8.58. The molecule has 112 valence electrons. The lowest BCUT2D eigenvalue weighted by Crippen LogP contribution is -2.25. The minimum Gasteiger partial charge on any atom is -0.326 e. The molecule has 0 fully saturated rings. The van der Waals surface area contributed by atoms with Crippen LogP contribution in [-0.4, -0.2) is 25.9 Å². The average molecular weight is 325 g/mol. The monoisotopic (exact) mass is 325 g/mol. The molecule has 0 unspecified atom stereocenters. The van der Waals surface area contributed by atoms with Crippen molar-refractivity contribution in [1.82, 2.24) is 9.71 Å². The highest BCUT2D eigenvalue weighted by molar-refractivity contribution is 7.89. The largest absolute Gasteiger partial charge is 0.326 e. The zero-order valence-electron chi connectivity index (χ0n) is 11.4. The number of anilines is 1. The van der Waals surface area contributed by atoms with E-state index in [-0.39, 0.29) is 10.8 Å². The molecule has 0 aliphatic rings. The van der Waals surface area contributed by atoms with Gasteiger partial charge in [0.2, 0.25) is 15.9 Å². The van der Waals surface area contributed by atoms with Crippen LogP contribution in [-0.2, 0) is 21.2 Å². The van der Waals surface area contributed by atoms with Gasteiger partial charge in [0, 0.05) is 30.2 Å². The predicted molar refractivity (Wildman–Crippen MR) is 81.8 cm³/mol. The topological polar surface area (TPSA) is 88.2 Å². The second-order valence-corrected chi connectivity index (χ2v) is 7.06. The van der Waals surface area contributed by atoms with Crippen molar-refractivity contribution in [3.05, 3.63) is 40.8 Å². The lowest BCUT2D eigenvalue weighted by atomic mass is 10.3. The summed E-state index contributed by atoms with van der Waals surface area (Å²) in [4.78, 5) is 16.0. The van der Waals surface area contributed by atoms with Crippen LogP contribution in [0.5, 0.6) is 0 Å². The van der Waals surface area contributed by atoms with Gasteiger partial charge in [0.15, 0.2) is 0 Å². The van der Waals surface area contributed by atoms with Crippen molar-refractivity contribution in [2.24, 2.45) is 0 Å². The van der Waals surface area contributed by atoms with Gasteiger partial charge in [0.1, 0.15) is 0 Å². The molecule has 0 aliphatic carbocycles. The predicted octanol–water partition coefficient (Wildman–Crippen LogP) is 1.62. The van der Waals surface area contributed by atoms with Crippen molar-refractivity contribution >= 4 is 33.0 Å². The molecule has 1 aromatic heterocycles. The van der Waals surface area contributed by atoms with Gasteiger partial charge >= 0.3 is 0 Å². The fourth-order valence-corrected chi connectivity index (χ4v) is 3.31. The molecule has 21 heavy (non-hydrogen) atoms. The third kappa shape index (κ3) is 4.62. The van der Waals surface area contributed by atoms with Gasteiger partial charge in [-0.1, -0.05) is 0 Å². The summed E-state index contributed by atoms with van der Waals surface area (Å²) in [5, 5.41) is 2.59. The highest BCUT2D eigenvalue weighted by Gasteiger charge is 2.13. The van der Waals surface area contributed by atoms with E-state index in [0.29, 0.717) is 18.7 Å². The van der Waals surface area contributed by atoms with Crippen LogP contribution in [0.4, 0.5) is 5.69 Å². The minimum atomic E-state index is -3.54. The number of benzene rings is 1. The van der Waals surface area contributed by atoms with E-state index in [1.165, 1.54) is 30.4 Å². The molecule has 1 heterocycles. The normalized spacial score (nSPS) is 11.3. The maximum absolute atomic E-state index is 12.1. The maximum atomic E-state index is 12.1. The molecule has 2 N–H and O–H groups in total. The highest BCUT2D eigenvalue weighted by atomic mass is 32.2. The van der Waals surface area contributed by atoms with E-state index in [1.54, 1.807) is 23.8 Å². The van der Waals surface area contributed by atoms with Crippen LogP contribution in [0.3, 0.4) is 0 Å². The molecular weight excluding hydrogens is 310 g/mol. The third-order valence-electron chi connectivity index (χ3n) is 2.63. The van der Waals surface area contributed by atoms with Crippen LogP contribution in [0.2, 0.25) is 0 Å². The minimum absolute atomic E-state index is 0.168. The summed E-state index contributed by atoms with van der Waals surface area (Å²) in [7, 11) is -3.54. The van der Waals surface area contributed by atoms with Gasteiger partial charge in [-0.05, 0) is 30.7 Å². The molecule has 1 aromatic carbocycles. The second-order valence-electron chi connectivity index (χ2n) is 4.32. The molecule has 2 aromatic rings. The van der Waals surface area contributed by atoms with Crippen molar-refractivity contribution in [1.29, 1.82) is 0 Å². The fraction of sp³-hybridized carbons (Fsp3) is 0.231. The first-order valence-electron chi connectivity index (χ1n) is 6.22. The lowest BCUT2D eigenvalue weighted by molar-refractivity contribution is -0.114. The lowest BCUT2D eigenvalue weighted by Gasteiger charge is -2.07. The summed E-state index contributed by atoms with van der Waals surface area (Å²) in [6.45, 7) is 1.71. The van der Waals surface area contributed by atoms with Crippen molar-refractivity contribution < 1.29 is 13.2 Å². The molecule has 6 nitrogen and oxygen atoms in total. The van der Waals surface area contributed by atoms with Crippen LogP contribution in [0.1, 0.15) is 11.8 Å². The van der Waals surface area contributed by atoms with Crippen LogP contribution in [0.25, 0.3) is 0 Å². The van der Waals surface area contributed by atoms with Gasteiger partial charge in [-0.25, -0.2) is 13.1 Å². The Balaban J connectivity index is 1.96. The number of hydrogen-bond donors (Lipinski definition) is 2. The number of rotatable bonds is 6. The Kier molecular flexibility index (Phi) is 5.05. The highest BCUT2D eigenvalue weighted by Crippen LogP contribution is 2.14. The number of carbonyl (C=O) groups excluding carboxylic acids is 1. The summed E-state index contributed by atoms with van der Waals surface area (Å²) in [6.07, 6.45) is 2.33. The zero-order chi connectivity index (χ0) is 15.3. The standard InChI is InChI=1S/C13H15N3O3S2/c1-10(17)16-11-2-4-13(5-3-11)21(18,19)15-7-6-12-8-14-9-20-12/h2-5,8-9,15H,6-7H2,1H3,(H,16,17). The Labute approximate surface area is 127 Å². The van der Waals surface area contributed by atoms with Gasteiger partial charge in [0.05, 0.1) is 10.4 Å². The number of thiazole rings is 1. The molecule has 0 spiro atoms. The van der Waals surface area contributed by atoms with E-state index in [9.17, 15) is 13.2 Å². The van der Waals surface area contributed by atoms with E-state index in [2.05, 4.69) is 15.0 Å². The molecule has 0 bridgehead atoms. The molecular formula is C13H15N3O3S2. The van der Waals surface area contributed by atoms with Gasteiger partial charge in [0.25, 0.3) is 0 Å². The van der Waals surface area contributed by atoms with Crippen LogP contribution in [0, 0.1) is 0 Å². The van der Waals surface area contributed by atoms with Crippen molar-refractivity contribution in [3.63, 3.8) is 0 Å². The second kappa shape index (κ2) is 6.79. The van der Waals surface area contributed by atoms with Gasteiger partial charge in [-0.2, -0.15) is 0 Å². The maximum Gasteiger partial charge on any atom is 0.240 e. The van der Waals surface area contributed by atoms with Crippen LogP contribution >= 0.6 is 11.3 Å². The van der Waals surface area contributed by atoms with Crippen LogP contribution < -0.4 is 10.0 Å². The van der Waals surface area contributed by atoms with E-state index < -0.39 is 10.0 Å². The van der Waals surface area contributed by atoms with Gasteiger partial charge in [-0.3, -0.25) is 9.78 Å². The number of aromatic nitrogens is 1. The number of carbonyl (C=O) groups is 1. The molecule has 1 amide bonds. The summed E-state index contributed by atoms with van der Waals surface area (Å²) >= 11 is 1.49. The zero-order valence-corrected chi connectivity index (χ0v) is 13.0. The summed E-state index contributed by atoms with van der Waals surface area (Å²) in [6, 6.07) is 6.03. The first kappa shape index (κ1) is 15.6. The van der Waals surface area contributed by atoms with Crippen molar-refractivity contribution in [2.45, 2.75) is 18.2 Å². The van der Waals surface area contributed by atoms with Crippen molar-refractivity contribution in [2.75, 3.05) is 11.9 Å². The quantitative estimate of drug-likeness (QED) is 0.845. The summed E-state index contributed by atoms with van der Waals surface area (Å²) < 4.78 is 26.7. The molecule has 0 saturated heterocycles. The van der Waals surface area contributed by atoms with Gasteiger partial charge in [-0.15, -0.1) is 11.3 Å². The third-order valence-corrected chi connectivity index (χ3v) is 4.95. The fourth-order valence-electron chi connectivity index (χ4n) is 1.68. The molecule has 2 rings (SSSR count). The van der Waals surface area contributed by atoms with Crippen LogP contribution in [0.15, 0.2) is 40.9 Å². The Bertz CT molecular complexity index is 695. The number of hydrogen-bond acceptors (Lipinski definition) is 5. The molecule has 8 heteroatoms. The number of nitrogens with one attached hydrogen (secondary N) is 2. The van der Waals surface area contributed by atoms with E-state index in [1.807, 2.05) is 0 Å². The van der Waals surface area contributed by atoms with E-state index in [4.69, 9.17) is 0 Å².